The Labute approximate surface area is 152 Å². The quantitative estimate of drug-likeness (QED) is 0.757. The molecule has 1 amide bonds. The summed E-state index contributed by atoms with van der Waals surface area (Å²) in [6.45, 7) is 0.205. The second-order valence-electron chi connectivity index (χ2n) is 5.96. The van der Waals surface area contributed by atoms with Crippen molar-refractivity contribution in [2.45, 2.75) is 31.5 Å². The first-order chi connectivity index (χ1) is 12.0. The first-order valence-corrected chi connectivity index (χ1v) is 8.69. The summed E-state index contributed by atoms with van der Waals surface area (Å²) in [5.41, 5.74) is 0.769. The van der Waals surface area contributed by atoms with Crippen LogP contribution in [0.5, 0.6) is 0 Å². The average Bonchev–Trinajstić information content (AvgIpc) is 2.54. The van der Waals surface area contributed by atoms with E-state index < -0.39 is 17.7 Å². The lowest BCUT2D eigenvalue weighted by molar-refractivity contribution is 0.129. The molecule has 0 aliphatic heterocycles. The number of rotatable bonds is 5. The van der Waals surface area contributed by atoms with Gasteiger partial charge < -0.3 is 15.4 Å². The molecule has 0 atom stereocenters. The lowest BCUT2D eigenvalue weighted by Crippen LogP contribution is -2.50. The molecule has 1 saturated carbocycles. The van der Waals surface area contributed by atoms with Crippen molar-refractivity contribution < 1.29 is 18.3 Å². The van der Waals surface area contributed by atoms with Crippen molar-refractivity contribution in [2.24, 2.45) is 0 Å². The van der Waals surface area contributed by atoms with Crippen LogP contribution in [-0.2, 0) is 11.3 Å². The molecule has 0 aromatic heterocycles. The predicted molar refractivity (Wildman–Crippen MR) is 94.3 cm³/mol. The average molecular weight is 411 g/mol. The van der Waals surface area contributed by atoms with E-state index in [0.717, 1.165) is 5.56 Å². The van der Waals surface area contributed by atoms with Gasteiger partial charge >= 0.3 is 6.09 Å². The summed E-state index contributed by atoms with van der Waals surface area (Å²) in [5, 5.41) is 5.58. The van der Waals surface area contributed by atoms with E-state index in [0.29, 0.717) is 17.3 Å². The van der Waals surface area contributed by atoms with Gasteiger partial charge in [-0.05, 0) is 30.5 Å². The number of hydrogen-bond donors (Lipinski definition) is 2. The van der Waals surface area contributed by atoms with Gasteiger partial charge in [0.2, 0.25) is 0 Å². The summed E-state index contributed by atoms with van der Waals surface area (Å²) in [7, 11) is 0. The van der Waals surface area contributed by atoms with Gasteiger partial charge in [0, 0.05) is 16.6 Å². The number of amides is 1. The van der Waals surface area contributed by atoms with Gasteiger partial charge in [-0.2, -0.15) is 0 Å². The zero-order valence-electron chi connectivity index (χ0n) is 13.3. The molecule has 0 radical (unpaired) electrons. The maximum absolute atomic E-state index is 13.8. The first-order valence-electron chi connectivity index (χ1n) is 7.89. The van der Waals surface area contributed by atoms with Crippen LogP contribution in [-0.4, -0.2) is 18.2 Å². The molecular formula is C18H17BrF2N2O2. The minimum Gasteiger partial charge on any atom is -0.445 e. The van der Waals surface area contributed by atoms with Crippen LogP contribution < -0.4 is 10.6 Å². The number of halogens is 3. The van der Waals surface area contributed by atoms with Gasteiger partial charge in [-0.25, -0.2) is 13.6 Å². The molecule has 0 unspecified atom stereocenters. The highest BCUT2D eigenvalue weighted by atomic mass is 79.9. The molecule has 25 heavy (non-hydrogen) atoms. The highest BCUT2D eigenvalue weighted by Crippen LogP contribution is 2.29. The van der Waals surface area contributed by atoms with Gasteiger partial charge in [-0.1, -0.05) is 46.3 Å². The Kier molecular flexibility index (Phi) is 5.53. The summed E-state index contributed by atoms with van der Waals surface area (Å²) < 4.78 is 33.1. The number of benzene rings is 2. The van der Waals surface area contributed by atoms with Crippen molar-refractivity contribution in [3.63, 3.8) is 0 Å². The van der Waals surface area contributed by atoms with Crippen LogP contribution in [0.15, 0.2) is 46.9 Å². The standard InChI is InChI=1S/C18H17BrF2N2O2/c19-12-6-15(20)17(16(21)7-12)22-13-8-14(9-13)23-18(24)25-10-11-4-2-1-3-5-11/h1-7,13-14,22H,8-10H2,(H,23,24). The molecule has 1 aliphatic carbocycles. The van der Waals surface area contributed by atoms with E-state index in [-0.39, 0.29) is 24.4 Å². The molecule has 2 aromatic rings. The fourth-order valence-electron chi connectivity index (χ4n) is 2.67. The smallest absolute Gasteiger partial charge is 0.407 e. The zero-order chi connectivity index (χ0) is 17.8. The van der Waals surface area contributed by atoms with Crippen LogP contribution in [0, 0.1) is 11.6 Å². The topological polar surface area (TPSA) is 50.4 Å². The van der Waals surface area contributed by atoms with Crippen LogP contribution in [0.4, 0.5) is 19.3 Å². The summed E-state index contributed by atoms with van der Waals surface area (Å²) in [6, 6.07) is 11.6. The number of nitrogens with one attached hydrogen (secondary N) is 2. The third-order valence-corrected chi connectivity index (χ3v) is 4.49. The van der Waals surface area contributed by atoms with Crippen molar-refractivity contribution in [3.8, 4) is 0 Å². The van der Waals surface area contributed by atoms with Crippen LogP contribution in [0.3, 0.4) is 0 Å². The summed E-state index contributed by atoms with van der Waals surface area (Å²) >= 11 is 3.04. The van der Waals surface area contributed by atoms with E-state index in [9.17, 15) is 13.6 Å². The van der Waals surface area contributed by atoms with Gasteiger partial charge in [-0.3, -0.25) is 0 Å². The lowest BCUT2D eigenvalue weighted by Gasteiger charge is -2.36. The predicted octanol–water partition coefficient (Wildman–Crippen LogP) is 4.60. The molecule has 1 aliphatic rings. The molecule has 7 heteroatoms. The fraction of sp³-hybridized carbons (Fsp3) is 0.278. The number of anilines is 1. The molecular weight excluding hydrogens is 394 g/mol. The van der Waals surface area contributed by atoms with Gasteiger partial charge in [0.15, 0.2) is 0 Å². The molecule has 3 rings (SSSR count). The van der Waals surface area contributed by atoms with E-state index in [1.165, 1.54) is 12.1 Å². The number of hydrogen-bond acceptors (Lipinski definition) is 3. The molecule has 4 nitrogen and oxygen atoms in total. The maximum atomic E-state index is 13.8. The SMILES string of the molecule is O=C(NC1CC(Nc2c(F)cc(Br)cc2F)C1)OCc1ccccc1. The van der Waals surface area contributed by atoms with Gasteiger partial charge in [0.1, 0.15) is 23.9 Å². The van der Waals surface area contributed by atoms with E-state index >= 15 is 0 Å². The highest BCUT2D eigenvalue weighted by molar-refractivity contribution is 9.10. The Morgan fingerprint density at radius 3 is 2.40 bits per heavy atom. The van der Waals surface area contributed by atoms with Crippen LogP contribution in [0.2, 0.25) is 0 Å². The van der Waals surface area contributed by atoms with Crippen LogP contribution in [0.25, 0.3) is 0 Å². The molecule has 132 valence electrons. The van der Waals surface area contributed by atoms with Gasteiger partial charge in [-0.15, -0.1) is 0 Å². The second kappa shape index (κ2) is 7.82. The van der Waals surface area contributed by atoms with Gasteiger partial charge in [0.05, 0.1) is 0 Å². The van der Waals surface area contributed by atoms with Crippen molar-refractivity contribution in [1.82, 2.24) is 5.32 Å². The van der Waals surface area contributed by atoms with Crippen LogP contribution >= 0.6 is 15.9 Å². The second-order valence-corrected chi connectivity index (χ2v) is 6.88. The Morgan fingerprint density at radius 1 is 1.12 bits per heavy atom. The molecule has 2 N–H and O–H groups in total. The Morgan fingerprint density at radius 2 is 1.76 bits per heavy atom. The van der Waals surface area contributed by atoms with Crippen molar-refractivity contribution in [1.29, 1.82) is 0 Å². The zero-order valence-corrected chi connectivity index (χ0v) is 14.9. The summed E-state index contributed by atoms with van der Waals surface area (Å²) in [6.07, 6.45) is 0.665. The molecule has 0 saturated heterocycles. The van der Waals surface area contributed by atoms with Crippen molar-refractivity contribution >= 4 is 27.7 Å². The largest absolute Gasteiger partial charge is 0.445 e. The number of carbonyl (C=O) groups is 1. The number of ether oxygens (including phenoxy) is 1. The lowest BCUT2D eigenvalue weighted by atomic mass is 9.86. The Bertz CT molecular complexity index is 729. The number of carbonyl (C=O) groups excluding carboxylic acids is 1. The van der Waals surface area contributed by atoms with E-state index in [2.05, 4.69) is 26.6 Å². The third-order valence-electron chi connectivity index (χ3n) is 4.03. The minimum atomic E-state index is -0.648. The van der Waals surface area contributed by atoms with Crippen LogP contribution in [0.1, 0.15) is 18.4 Å². The van der Waals surface area contributed by atoms with Crippen molar-refractivity contribution in [2.75, 3.05) is 5.32 Å². The normalized spacial score (nSPS) is 19.0. The maximum Gasteiger partial charge on any atom is 0.407 e. The highest BCUT2D eigenvalue weighted by Gasteiger charge is 2.31. The van der Waals surface area contributed by atoms with Gasteiger partial charge in [0.25, 0.3) is 0 Å². The first kappa shape index (κ1) is 17.7. The Balaban J connectivity index is 1.42. The molecule has 2 aromatic carbocycles. The molecule has 0 bridgehead atoms. The summed E-state index contributed by atoms with van der Waals surface area (Å²) in [4.78, 5) is 11.8. The number of alkyl carbamates (subject to hydrolysis) is 1. The minimum absolute atomic E-state index is 0.0673. The fourth-order valence-corrected chi connectivity index (χ4v) is 3.07. The monoisotopic (exact) mass is 410 g/mol. The molecule has 1 fully saturated rings. The Hall–Kier alpha value is -2.15. The van der Waals surface area contributed by atoms with Crippen molar-refractivity contribution in [3.05, 3.63) is 64.1 Å². The van der Waals surface area contributed by atoms with E-state index in [1.54, 1.807) is 0 Å². The molecule has 0 spiro atoms. The summed E-state index contributed by atoms with van der Waals surface area (Å²) in [5.74, 6) is -1.30. The van der Waals surface area contributed by atoms with E-state index in [4.69, 9.17) is 4.74 Å². The third kappa shape index (κ3) is 4.69. The van der Waals surface area contributed by atoms with E-state index in [1.807, 2.05) is 30.3 Å². The molecule has 0 heterocycles.